The topological polar surface area (TPSA) is 71.1 Å². The molecule has 6 heteroatoms. The van der Waals surface area contributed by atoms with Gasteiger partial charge >= 0.3 is 0 Å². The van der Waals surface area contributed by atoms with Gasteiger partial charge in [0.1, 0.15) is 17.5 Å². The third-order valence-corrected chi connectivity index (χ3v) is 4.28. The average molecular weight is 334 g/mol. The fraction of sp³-hybridized carbons (Fsp3) is 0.211. The Morgan fingerprint density at radius 2 is 1.76 bits per heavy atom. The predicted molar refractivity (Wildman–Crippen MR) is 93.2 cm³/mol. The van der Waals surface area contributed by atoms with Crippen molar-refractivity contribution in [3.63, 3.8) is 0 Å². The number of carbonyl (C=O) groups excluding carboxylic acids is 1. The molecular formula is C19H18N4O2. The summed E-state index contributed by atoms with van der Waals surface area (Å²) in [6, 6.07) is 19.3. The Balaban J connectivity index is 1.47. The molecule has 1 aliphatic heterocycles. The molecule has 3 aromatic rings. The largest absolute Gasteiger partial charge is 0.489 e. The summed E-state index contributed by atoms with van der Waals surface area (Å²) < 4.78 is 5.95. The molecule has 4 rings (SSSR count). The van der Waals surface area contributed by atoms with Gasteiger partial charge in [0.05, 0.1) is 6.54 Å². The van der Waals surface area contributed by atoms with Gasteiger partial charge in [-0.15, -0.1) is 0 Å². The van der Waals surface area contributed by atoms with Crippen LogP contribution in [0.4, 0.5) is 0 Å². The first-order valence-corrected chi connectivity index (χ1v) is 8.28. The Morgan fingerprint density at radius 1 is 1.04 bits per heavy atom. The molecule has 1 aromatic heterocycles. The number of amides is 1. The Hall–Kier alpha value is -3.15. The minimum Gasteiger partial charge on any atom is -0.489 e. The van der Waals surface area contributed by atoms with Crippen LogP contribution in [-0.4, -0.2) is 45.4 Å². The molecule has 1 unspecified atom stereocenters. The third-order valence-electron chi connectivity index (χ3n) is 4.28. The lowest BCUT2D eigenvalue weighted by Crippen LogP contribution is -2.31. The van der Waals surface area contributed by atoms with Crippen LogP contribution in [0.3, 0.4) is 0 Å². The number of nitrogens with zero attached hydrogens (tertiary/aromatic N) is 3. The number of likely N-dealkylation sites (tertiary alicyclic amines) is 1. The Bertz CT molecular complexity index is 848. The molecule has 1 N–H and O–H groups in total. The normalized spacial score (nSPS) is 16.8. The maximum absolute atomic E-state index is 12.8. The number of rotatable bonds is 4. The van der Waals surface area contributed by atoms with Gasteiger partial charge in [0, 0.05) is 18.5 Å². The van der Waals surface area contributed by atoms with Crippen LogP contribution in [0, 0.1) is 0 Å². The third kappa shape index (κ3) is 3.24. The van der Waals surface area contributed by atoms with Crippen LogP contribution in [0.1, 0.15) is 16.9 Å². The average Bonchev–Trinajstić information content (AvgIpc) is 3.32. The van der Waals surface area contributed by atoms with E-state index in [2.05, 4.69) is 15.4 Å². The van der Waals surface area contributed by atoms with Crippen LogP contribution in [0.5, 0.6) is 5.75 Å². The van der Waals surface area contributed by atoms with Crippen LogP contribution >= 0.6 is 0 Å². The van der Waals surface area contributed by atoms with Crippen molar-refractivity contribution >= 4 is 5.91 Å². The van der Waals surface area contributed by atoms with E-state index in [1.54, 1.807) is 4.90 Å². The van der Waals surface area contributed by atoms with Crippen LogP contribution in [0.15, 0.2) is 60.7 Å². The molecule has 0 aliphatic carbocycles. The highest BCUT2D eigenvalue weighted by molar-refractivity contribution is 5.98. The molecule has 126 valence electrons. The molecule has 6 nitrogen and oxygen atoms in total. The maximum atomic E-state index is 12.8. The second kappa shape index (κ2) is 6.76. The highest BCUT2D eigenvalue weighted by Gasteiger charge is 2.31. The monoisotopic (exact) mass is 334 g/mol. The van der Waals surface area contributed by atoms with Gasteiger partial charge < -0.3 is 9.64 Å². The molecule has 1 saturated heterocycles. The second-order valence-electron chi connectivity index (χ2n) is 5.98. The van der Waals surface area contributed by atoms with E-state index < -0.39 is 0 Å². The number of aromatic nitrogens is 3. The number of ether oxygens (including phenoxy) is 1. The lowest BCUT2D eigenvalue weighted by atomic mass is 10.1. The summed E-state index contributed by atoms with van der Waals surface area (Å²) in [5.74, 6) is 0.708. The number of nitrogens with one attached hydrogen (secondary N) is 1. The number of benzene rings is 2. The van der Waals surface area contributed by atoms with E-state index in [0.29, 0.717) is 24.5 Å². The quantitative estimate of drug-likeness (QED) is 0.796. The first-order valence-electron chi connectivity index (χ1n) is 8.28. The second-order valence-corrected chi connectivity index (χ2v) is 5.98. The molecule has 0 radical (unpaired) electrons. The Labute approximate surface area is 145 Å². The van der Waals surface area contributed by atoms with E-state index >= 15 is 0 Å². The van der Waals surface area contributed by atoms with Crippen molar-refractivity contribution in [2.75, 3.05) is 13.1 Å². The lowest BCUT2D eigenvalue weighted by Gasteiger charge is -2.16. The van der Waals surface area contributed by atoms with Crippen molar-refractivity contribution in [2.24, 2.45) is 0 Å². The van der Waals surface area contributed by atoms with E-state index in [1.165, 1.54) is 0 Å². The minimum atomic E-state index is -0.119. The lowest BCUT2D eigenvalue weighted by molar-refractivity contribution is 0.0767. The first-order chi connectivity index (χ1) is 12.3. The number of hydrogen-bond acceptors (Lipinski definition) is 4. The van der Waals surface area contributed by atoms with Gasteiger partial charge in [-0.05, 0) is 12.1 Å². The zero-order valence-electron chi connectivity index (χ0n) is 13.6. The predicted octanol–water partition coefficient (Wildman–Crippen LogP) is 2.77. The molecule has 0 saturated carbocycles. The first kappa shape index (κ1) is 15.4. The van der Waals surface area contributed by atoms with Crippen LogP contribution in [-0.2, 0) is 0 Å². The van der Waals surface area contributed by atoms with Gasteiger partial charge in [0.2, 0.25) is 0 Å². The zero-order valence-corrected chi connectivity index (χ0v) is 13.6. The number of hydrogen-bond donors (Lipinski definition) is 1. The van der Waals surface area contributed by atoms with Crippen molar-refractivity contribution in [3.8, 4) is 17.0 Å². The van der Waals surface area contributed by atoms with Gasteiger partial charge in [0.15, 0.2) is 5.69 Å². The summed E-state index contributed by atoms with van der Waals surface area (Å²) >= 11 is 0. The van der Waals surface area contributed by atoms with Gasteiger partial charge in [-0.3, -0.25) is 4.79 Å². The number of carbonyl (C=O) groups is 1. The summed E-state index contributed by atoms with van der Waals surface area (Å²) in [4.78, 5) is 14.6. The summed E-state index contributed by atoms with van der Waals surface area (Å²) in [7, 11) is 0. The molecule has 2 aromatic carbocycles. The fourth-order valence-corrected chi connectivity index (χ4v) is 3.03. The fourth-order valence-electron chi connectivity index (χ4n) is 3.03. The summed E-state index contributed by atoms with van der Waals surface area (Å²) in [6.45, 7) is 1.20. The van der Waals surface area contributed by atoms with Crippen LogP contribution in [0.25, 0.3) is 11.3 Å². The van der Waals surface area contributed by atoms with Crippen molar-refractivity contribution in [1.29, 1.82) is 0 Å². The molecular weight excluding hydrogens is 316 g/mol. The number of H-pyrrole nitrogens is 1. The smallest absolute Gasteiger partial charge is 0.276 e. The molecule has 1 fully saturated rings. The standard InChI is InChI=1S/C19H18N4O2/c24-19(18-17(20-22-21-18)14-7-3-1-4-8-14)23-12-11-16(13-23)25-15-9-5-2-6-10-15/h1-10,16H,11-13H2,(H,20,21,22). The van der Waals surface area contributed by atoms with Crippen molar-refractivity contribution < 1.29 is 9.53 Å². The van der Waals surface area contributed by atoms with E-state index in [9.17, 15) is 4.79 Å². The van der Waals surface area contributed by atoms with Crippen molar-refractivity contribution in [2.45, 2.75) is 12.5 Å². The van der Waals surface area contributed by atoms with Gasteiger partial charge in [0.25, 0.3) is 5.91 Å². The van der Waals surface area contributed by atoms with E-state index in [1.807, 2.05) is 60.7 Å². The van der Waals surface area contributed by atoms with Crippen LogP contribution < -0.4 is 4.74 Å². The van der Waals surface area contributed by atoms with E-state index in [0.717, 1.165) is 17.7 Å². The van der Waals surface area contributed by atoms with Crippen LogP contribution in [0.2, 0.25) is 0 Å². The van der Waals surface area contributed by atoms with Gasteiger partial charge in [-0.25, -0.2) is 0 Å². The highest BCUT2D eigenvalue weighted by atomic mass is 16.5. The van der Waals surface area contributed by atoms with E-state index in [4.69, 9.17) is 4.74 Å². The van der Waals surface area contributed by atoms with Gasteiger partial charge in [-0.2, -0.15) is 15.4 Å². The summed E-state index contributed by atoms with van der Waals surface area (Å²) in [6.07, 6.45) is 0.803. The van der Waals surface area contributed by atoms with E-state index in [-0.39, 0.29) is 12.0 Å². The van der Waals surface area contributed by atoms with Crippen molar-refractivity contribution in [3.05, 3.63) is 66.4 Å². The minimum absolute atomic E-state index is 0.00146. The summed E-state index contributed by atoms with van der Waals surface area (Å²) in [5.41, 5.74) is 1.81. The molecule has 1 aliphatic rings. The Morgan fingerprint density at radius 3 is 2.52 bits per heavy atom. The number of aromatic amines is 1. The number of para-hydroxylation sites is 1. The zero-order chi connectivity index (χ0) is 17.1. The molecule has 1 atom stereocenters. The molecule has 1 amide bonds. The highest BCUT2D eigenvalue weighted by Crippen LogP contribution is 2.23. The van der Waals surface area contributed by atoms with Crippen molar-refractivity contribution in [1.82, 2.24) is 20.3 Å². The SMILES string of the molecule is O=C(c1n[nH]nc1-c1ccccc1)N1CCC(Oc2ccccc2)C1. The molecule has 25 heavy (non-hydrogen) atoms. The molecule has 2 heterocycles. The van der Waals surface area contributed by atoms with Gasteiger partial charge in [-0.1, -0.05) is 48.5 Å². The summed E-state index contributed by atoms with van der Waals surface area (Å²) in [5, 5.41) is 10.8. The maximum Gasteiger partial charge on any atom is 0.276 e. The Kier molecular flexibility index (Phi) is 4.16. The molecule has 0 bridgehead atoms. The molecule has 0 spiro atoms.